The zero-order chi connectivity index (χ0) is 11.0. The highest BCUT2D eigenvalue weighted by Crippen LogP contribution is 2.27. The molecule has 0 saturated carbocycles. The summed E-state index contributed by atoms with van der Waals surface area (Å²) in [5, 5.41) is 9.21. The second-order valence-electron chi connectivity index (χ2n) is 3.32. The van der Waals surface area contributed by atoms with Crippen LogP contribution in [-0.4, -0.2) is 15.2 Å². The molecule has 0 amide bonds. The van der Waals surface area contributed by atoms with Gasteiger partial charge in [-0.3, -0.25) is 9.78 Å². The lowest BCUT2D eigenvalue weighted by molar-refractivity contribution is 1.06. The number of aromatic amines is 1. The van der Waals surface area contributed by atoms with Crippen LogP contribution in [0.5, 0.6) is 0 Å². The van der Waals surface area contributed by atoms with Gasteiger partial charge in [0.05, 0.1) is 0 Å². The number of nitrogens with one attached hydrogen (secondary N) is 1. The van der Waals surface area contributed by atoms with Gasteiger partial charge in [0.25, 0.3) is 0 Å². The highest BCUT2D eigenvalue weighted by Gasteiger charge is 2.07. The van der Waals surface area contributed by atoms with Crippen LogP contribution in [-0.2, 0) is 0 Å². The van der Waals surface area contributed by atoms with Crippen molar-refractivity contribution in [1.82, 2.24) is 15.2 Å². The Morgan fingerprint density at radius 1 is 1.25 bits per heavy atom. The molecule has 3 rings (SSSR count). The lowest BCUT2D eigenvalue weighted by Crippen LogP contribution is -1.90. The number of pyridine rings is 1. The topological polar surface area (TPSA) is 58.6 Å². The number of fused-ring (bicyclic) bond motifs is 1. The molecule has 0 aliphatic rings. The van der Waals surface area contributed by atoms with Crippen molar-refractivity contribution >= 4 is 22.1 Å². The zero-order valence-corrected chi connectivity index (χ0v) is 8.99. The van der Waals surface area contributed by atoms with E-state index in [4.69, 9.17) is 0 Å². The number of H-pyrrole nitrogens is 1. The molecule has 16 heavy (non-hydrogen) atoms. The van der Waals surface area contributed by atoms with E-state index in [-0.39, 0.29) is 4.87 Å². The average molecular weight is 229 g/mol. The minimum atomic E-state index is -0.143. The maximum absolute atomic E-state index is 11.1. The molecule has 4 nitrogen and oxygen atoms in total. The Labute approximate surface area is 94.6 Å². The first-order valence-electron chi connectivity index (χ1n) is 4.73. The van der Waals surface area contributed by atoms with Crippen LogP contribution < -0.4 is 4.87 Å². The lowest BCUT2D eigenvalue weighted by Gasteiger charge is -2.01. The first-order valence-corrected chi connectivity index (χ1v) is 5.55. The number of rotatable bonds is 1. The van der Waals surface area contributed by atoms with Crippen LogP contribution >= 0.6 is 11.3 Å². The van der Waals surface area contributed by atoms with Gasteiger partial charge in [-0.2, -0.15) is 5.10 Å². The minimum absolute atomic E-state index is 0.143. The van der Waals surface area contributed by atoms with E-state index in [1.807, 2.05) is 24.3 Å². The molecule has 2 aromatic heterocycles. The van der Waals surface area contributed by atoms with Crippen LogP contribution in [0.1, 0.15) is 0 Å². The number of benzene rings is 1. The van der Waals surface area contributed by atoms with Gasteiger partial charge in [0, 0.05) is 23.3 Å². The summed E-state index contributed by atoms with van der Waals surface area (Å²) < 4.78 is 0. The van der Waals surface area contributed by atoms with Crippen molar-refractivity contribution in [3.8, 4) is 10.6 Å². The van der Waals surface area contributed by atoms with E-state index in [0.29, 0.717) is 5.01 Å². The monoisotopic (exact) mass is 229 g/mol. The Morgan fingerprint density at radius 3 is 3.00 bits per heavy atom. The van der Waals surface area contributed by atoms with E-state index in [1.165, 1.54) is 0 Å². The Balaban J connectivity index is 2.35. The number of nitrogens with zero attached hydrogens (tertiary/aromatic N) is 2. The molecule has 0 bridgehead atoms. The predicted octanol–water partition coefficient (Wildman–Crippen LogP) is 2.05. The zero-order valence-electron chi connectivity index (χ0n) is 8.18. The molecule has 2 heterocycles. The summed E-state index contributed by atoms with van der Waals surface area (Å²) >= 11 is 1.11. The molecule has 0 aliphatic heterocycles. The first-order chi connectivity index (χ1) is 7.84. The number of hydrogen-bond acceptors (Lipinski definition) is 4. The molecule has 3 aromatic rings. The normalized spacial score (nSPS) is 10.8. The van der Waals surface area contributed by atoms with Crippen LogP contribution in [0.15, 0.2) is 41.5 Å². The van der Waals surface area contributed by atoms with Crippen LogP contribution in [0.2, 0.25) is 0 Å². The van der Waals surface area contributed by atoms with Gasteiger partial charge in [-0.1, -0.05) is 29.5 Å². The summed E-state index contributed by atoms with van der Waals surface area (Å²) in [4.78, 5) is 15.0. The van der Waals surface area contributed by atoms with Crippen molar-refractivity contribution in [1.29, 1.82) is 0 Å². The van der Waals surface area contributed by atoms with E-state index in [9.17, 15) is 4.79 Å². The highest BCUT2D eigenvalue weighted by atomic mass is 32.1. The van der Waals surface area contributed by atoms with Gasteiger partial charge in [0.1, 0.15) is 5.01 Å². The summed E-state index contributed by atoms with van der Waals surface area (Å²) in [5.41, 5.74) is 0.939. The molecule has 5 heteroatoms. The third-order valence-electron chi connectivity index (χ3n) is 2.35. The second-order valence-corrected chi connectivity index (χ2v) is 4.28. The smallest absolute Gasteiger partial charge is 0.264 e. The molecule has 0 fully saturated rings. The fourth-order valence-corrected chi connectivity index (χ4v) is 2.29. The van der Waals surface area contributed by atoms with Gasteiger partial charge >= 0.3 is 4.87 Å². The van der Waals surface area contributed by atoms with Crippen molar-refractivity contribution in [2.75, 3.05) is 0 Å². The van der Waals surface area contributed by atoms with Crippen molar-refractivity contribution in [2.45, 2.75) is 0 Å². The van der Waals surface area contributed by atoms with Crippen molar-refractivity contribution in [3.63, 3.8) is 0 Å². The van der Waals surface area contributed by atoms with Crippen LogP contribution in [0.3, 0.4) is 0 Å². The summed E-state index contributed by atoms with van der Waals surface area (Å²) in [6.07, 6.45) is 3.54. The number of hydrogen-bond donors (Lipinski definition) is 1. The van der Waals surface area contributed by atoms with E-state index in [1.54, 1.807) is 12.4 Å². The molecule has 0 spiro atoms. The average Bonchev–Trinajstić information content (AvgIpc) is 2.75. The first kappa shape index (κ1) is 9.23. The van der Waals surface area contributed by atoms with E-state index in [0.717, 1.165) is 27.7 Å². The van der Waals surface area contributed by atoms with Crippen molar-refractivity contribution < 1.29 is 0 Å². The lowest BCUT2D eigenvalue weighted by atomic mass is 10.1. The molecular weight excluding hydrogens is 222 g/mol. The van der Waals surface area contributed by atoms with Crippen molar-refractivity contribution in [2.24, 2.45) is 0 Å². The van der Waals surface area contributed by atoms with Crippen LogP contribution in [0.25, 0.3) is 21.3 Å². The fourth-order valence-electron chi connectivity index (χ4n) is 1.64. The molecule has 1 aromatic carbocycles. The molecule has 0 radical (unpaired) electrons. The third kappa shape index (κ3) is 1.42. The van der Waals surface area contributed by atoms with Gasteiger partial charge in [-0.05, 0) is 11.5 Å². The van der Waals surface area contributed by atoms with Gasteiger partial charge in [-0.15, -0.1) is 0 Å². The number of aromatic nitrogens is 3. The van der Waals surface area contributed by atoms with Crippen LogP contribution in [0.4, 0.5) is 0 Å². The predicted molar refractivity (Wildman–Crippen MR) is 63.5 cm³/mol. The summed E-state index contributed by atoms with van der Waals surface area (Å²) in [7, 11) is 0. The molecule has 0 unspecified atom stereocenters. The van der Waals surface area contributed by atoms with E-state index < -0.39 is 0 Å². The third-order valence-corrected chi connectivity index (χ3v) is 3.13. The Bertz CT molecular complexity index is 696. The van der Waals surface area contributed by atoms with E-state index >= 15 is 0 Å². The van der Waals surface area contributed by atoms with Crippen molar-refractivity contribution in [3.05, 3.63) is 46.3 Å². The molecule has 1 N–H and O–H groups in total. The fraction of sp³-hybridized carbons (Fsp3) is 0. The SMILES string of the molecule is O=c1[nH]nc(-c2cccc3ccncc23)s1. The van der Waals surface area contributed by atoms with Gasteiger partial charge < -0.3 is 0 Å². The maximum atomic E-state index is 11.1. The molecular formula is C11H7N3OS. The second kappa shape index (κ2) is 3.53. The Kier molecular flexibility index (Phi) is 2.04. The molecule has 0 saturated heterocycles. The van der Waals surface area contributed by atoms with Crippen LogP contribution in [0, 0.1) is 0 Å². The highest BCUT2D eigenvalue weighted by molar-refractivity contribution is 7.12. The van der Waals surface area contributed by atoms with Gasteiger partial charge in [0.2, 0.25) is 0 Å². The Hall–Kier alpha value is -2.01. The quantitative estimate of drug-likeness (QED) is 0.694. The minimum Gasteiger partial charge on any atom is -0.264 e. The Morgan fingerprint density at radius 2 is 2.19 bits per heavy atom. The molecule has 78 valence electrons. The standard InChI is InChI=1S/C11H7N3OS/c15-11-14-13-10(16-11)8-3-1-2-7-4-5-12-6-9(7)8/h1-6H,(H,14,15). The molecule has 0 aliphatic carbocycles. The summed E-state index contributed by atoms with van der Waals surface area (Å²) in [5.74, 6) is 0. The molecule has 0 atom stereocenters. The maximum Gasteiger partial charge on any atom is 0.322 e. The summed E-state index contributed by atoms with van der Waals surface area (Å²) in [6, 6.07) is 7.84. The van der Waals surface area contributed by atoms with Gasteiger partial charge in [-0.25, -0.2) is 5.10 Å². The summed E-state index contributed by atoms with van der Waals surface area (Å²) in [6.45, 7) is 0. The van der Waals surface area contributed by atoms with E-state index in [2.05, 4.69) is 15.2 Å². The van der Waals surface area contributed by atoms with Gasteiger partial charge in [0.15, 0.2) is 0 Å². The largest absolute Gasteiger partial charge is 0.322 e.